The van der Waals surface area contributed by atoms with Crippen LogP contribution in [0.15, 0.2) is 30.3 Å². The van der Waals surface area contributed by atoms with Gasteiger partial charge < -0.3 is 4.74 Å². The summed E-state index contributed by atoms with van der Waals surface area (Å²) in [4.78, 5) is 0. The minimum atomic E-state index is -2.79. The van der Waals surface area contributed by atoms with Crippen LogP contribution in [0.5, 0.6) is 5.75 Å². The fraction of sp³-hybridized carbons (Fsp3) is 0.583. The fourth-order valence-corrected chi connectivity index (χ4v) is 4.51. The second-order valence-corrected chi connectivity index (χ2v) is 8.00. The van der Waals surface area contributed by atoms with Crippen LogP contribution in [0.25, 0.3) is 10.8 Å². The minimum Gasteiger partial charge on any atom is -0.434 e. The monoisotopic (exact) mass is 374 g/mol. The van der Waals surface area contributed by atoms with E-state index in [9.17, 15) is 8.78 Å². The van der Waals surface area contributed by atoms with Crippen molar-refractivity contribution in [3.63, 3.8) is 0 Å². The molecule has 0 aliphatic heterocycles. The van der Waals surface area contributed by atoms with Crippen molar-refractivity contribution in [3.05, 3.63) is 41.5 Å². The van der Waals surface area contributed by atoms with Crippen LogP contribution >= 0.6 is 0 Å². The van der Waals surface area contributed by atoms with E-state index in [1.54, 1.807) is 0 Å². The summed E-state index contributed by atoms with van der Waals surface area (Å²) in [6, 6.07) is 10.4. The number of benzene rings is 2. The first kappa shape index (κ1) is 20.1. The van der Waals surface area contributed by atoms with E-state index in [4.69, 9.17) is 4.74 Å². The molecule has 2 aromatic rings. The van der Waals surface area contributed by atoms with Gasteiger partial charge in [0.25, 0.3) is 0 Å². The number of rotatable bonds is 8. The summed E-state index contributed by atoms with van der Waals surface area (Å²) in [6.07, 6.45) is 10.4. The number of ether oxygens (including phenoxy) is 1. The Kier molecular flexibility index (Phi) is 7.09. The first-order valence-electron chi connectivity index (χ1n) is 10.6. The predicted octanol–water partition coefficient (Wildman–Crippen LogP) is 7.86. The van der Waals surface area contributed by atoms with Gasteiger partial charge >= 0.3 is 6.61 Å². The Morgan fingerprint density at radius 3 is 2.44 bits per heavy atom. The molecule has 0 amide bonds. The lowest BCUT2D eigenvalue weighted by Gasteiger charge is -2.28. The Hall–Kier alpha value is -1.64. The van der Waals surface area contributed by atoms with Crippen LogP contribution in [0.1, 0.15) is 82.3 Å². The third-order valence-electron chi connectivity index (χ3n) is 6.23. The van der Waals surface area contributed by atoms with Crippen LogP contribution in [-0.2, 0) is 6.42 Å². The van der Waals surface area contributed by atoms with Gasteiger partial charge in [0.2, 0.25) is 0 Å². The lowest BCUT2D eigenvalue weighted by molar-refractivity contribution is -0.0493. The van der Waals surface area contributed by atoms with Crippen LogP contribution in [0.3, 0.4) is 0 Å². The number of hydrogen-bond donors (Lipinski definition) is 0. The molecule has 0 N–H and O–H groups in total. The zero-order chi connectivity index (χ0) is 19.2. The van der Waals surface area contributed by atoms with Crippen molar-refractivity contribution in [2.24, 2.45) is 5.92 Å². The second kappa shape index (κ2) is 9.52. The molecular weight excluding hydrogens is 342 g/mol. The molecule has 0 aromatic heterocycles. The summed E-state index contributed by atoms with van der Waals surface area (Å²) >= 11 is 0. The van der Waals surface area contributed by atoms with Gasteiger partial charge in [0, 0.05) is 5.39 Å². The van der Waals surface area contributed by atoms with Crippen molar-refractivity contribution in [2.45, 2.75) is 84.2 Å². The molecule has 1 aliphatic rings. The number of unbranched alkanes of at least 4 members (excludes halogenated alkanes) is 2. The number of hydrogen-bond acceptors (Lipinski definition) is 1. The standard InChI is InChI=1S/C24H32F2O/c1-3-5-6-7-19-12-13-21-16-20(18-10-8-17(4-2)9-11-18)14-15-22(21)23(19)27-24(25)26/h12-18,24H,3-11H2,1-2H3. The van der Waals surface area contributed by atoms with E-state index in [1.807, 2.05) is 12.1 Å². The van der Waals surface area contributed by atoms with Crippen LogP contribution in [0.2, 0.25) is 0 Å². The van der Waals surface area contributed by atoms with E-state index in [-0.39, 0.29) is 0 Å². The highest BCUT2D eigenvalue weighted by molar-refractivity contribution is 5.90. The molecule has 0 spiro atoms. The third kappa shape index (κ3) is 5.00. The van der Waals surface area contributed by atoms with Gasteiger partial charge in [-0.05, 0) is 66.9 Å². The van der Waals surface area contributed by atoms with Gasteiger partial charge in [-0.3, -0.25) is 0 Å². The molecule has 0 heterocycles. The number of fused-ring (bicyclic) bond motifs is 1. The van der Waals surface area contributed by atoms with E-state index in [1.165, 1.54) is 37.7 Å². The number of halogens is 2. The Labute approximate surface area is 162 Å². The highest BCUT2D eigenvalue weighted by Crippen LogP contribution is 2.39. The second-order valence-electron chi connectivity index (χ2n) is 8.00. The minimum absolute atomic E-state index is 0.375. The smallest absolute Gasteiger partial charge is 0.387 e. The molecule has 1 nitrogen and oxygen atoms in total. The maximum atomic E-state index is 13.0. The average Bonchev–Trinajstić information content (AvgIpc) is 2.69. The Morgan fingerprint density at radius 2 is 1.78 bits per heavy atom. The fourth-order valence-electron chi connectivity index (χ4n) is 4.51. The normalized spacial score (nSPS) is 20.3. The van der Waals surface area contributed by atoms with Crippen molar-refractivity contribution < 1.29 is 13.5 Å². The highest BCUT2D eigenvalue weighted by Gasteiger charge is 2.22. The molecule has 2 aromatic carbocycles. The molecule has 1 saturated carbocycles. The quantitative estimate of drug-likeness (QED) is 0.427. The van der Waals surface area contributed by atoms with Crippen LogP contribution in [-0.4, -0.2) is 6.61 Å². The van der Waals surface area contributed by atoms with Gasteiger partial charge in [-0.25, -0.2) is 0 Å². The first-order valence-corrected chi connectivity index (χ1v) is 10.6. The Morgan fingerprint density at radius 1 is 1.00 bits per heavy atom. The van der Waals surface area contributed by atoms with E-state index in [0.717, 1.165) is 47.9 Å². The van der Waals surface area contributed by atoms with Crippen molar-refractivity contribution in [1.29, 1.82) is 0 Å². The van der Waals surface area contributed by atoms with Gasteiger partial charge in [-0.15, -0.1) is 0 Å². The predicted molar refractivity (Wildman–Crippen MR) is 109 cm³/mol. The SMILES string of the molecule is CCCCCc1ccc2cc(C3CCC(CC)CC3)ccc2c1OC(F)F. The van der Waals surface area contributed by atoms with Crippen LogP contribution in [0.4, 0.5) is 8.78 Å². The van der Waals surface area contributed by atoms with E-state index in [0.29, 0.717) is 11.7 Å². The molecule has 0 bridgehead atoms. The maximum Gasteiger partial charge on any atom is 0.387 e. The number of aryl methyl sites for hydroxylation is 1. The molecule has 1 fully saturated rings. The van der Waals surface area contributed by atoms with Crippen molar-refractivity contribution >= 4 is 10.8 Å². The molecule has 1 aliphatic carbocycles. The molecule has 0 unspecified atom stereocenters. The molecule has 0 radical (unpaired) electrons. The van der Waals surface area contributed by atoms with Crippen LogP contribution in [0, 0.1) is 5.92 Å². The lowest BCUT2D eigenvalue weighted by Crippen LogP contribution is -2.12. The maximum absolute atomic E-state index is 13.0. The average molecular weight is 375 g/mol. The summed E-state index contributed by atoms with van der Waals surface area (Å²) in [5, 5.41) is 1.83. The van der Waals surface area contributed by atoms with Crippen molar-refractivity contribution in [3.8, 4) is 5.75 Å². The van der Waals surface area contributed by atoms with Gasteiger partial charge in [-0.1, -0.05) is 63.4 Å². The van der Waals surface area contributed by atoms with Gasteiger partial charge in [0.05, 0.1) is 0 Å². The third-order valence-corrected chi connectivity index (χ3v) is 6.23. The Bertz CT molecular complexity index is 732. The molecule has 0 atom stereocenters. The van der Waals surface area contributed by atoms with E-state index >= 15 is 0 Å². The molecular formula is C24H32F2O. The van der Waals surface area contributed by atoms with E-state index in [2.05, 4.69) is 32.0 Å². The molecule has 3 rings (SSSR count). The largest absolute Gasteiger partial charge is 0.434 e. The zero-order valence-corrected chi connectivity index (χ0v) is 16.6. The van der Waals surface area contributed by atoms with Gasteiger partial charge in [0.1, 0.15) is 5.75 Å². The van der Waals surface area contributed by atoms with Crippen molar-refractivity contribution in [2.75, 3.05) is 0 Å². The number of alkyl halides is 2. The zero-order valence-electron chi connectivity index (χ0n) is 16.6. The lowest BCUT2D eigenvalue weighted by atomic mass is 9.77. The molecule has 148 valence electrons. The van der Waals surface area contributed by atoms with Gasteiger partial charge in [-0.2, -0.15) is 8.78 Å². The Balaban J connectivity index is 1.87. The molecule has 27 heavy (non-hydrogen) atoms. The first-order chi connectivity index (χ1) is 13.1. The summed E-state index contributed by atoms with van der Waals surface area (Å²) in [5.74, 6) is 1.85. The summed E-state index contributed by atoms with van der Waals surface area (Å²) in [5.41, 5.74) is 2.24. The van der Waals surface area contributed by atoms with Crippen molar-refractivity contribution in [1.82, 2.24) is 0 Å². The summed E-state index contributed by atoms with van der Waals surface area (Å²) < 4.78 is 31.0. The molecule has 0 saturated heterocycles. The van der Waals surface area contributed by atoms with E-state index < -0.39 is 6.61 Å². The van der Waals surface area contributed by atoms with Gasteiger partial charge in [0.15, 0.2) is 0 Å². The topological polar surface area (TPSA) is 9.23 Å². The van der Waals surface area contributed by atoms with Crippen LogP contribution < -0.4 is 4.74 Å². The summed E-state index contributed by atoms with van der Waals surface area (Å²) in [7, 11) is 0. The summed E-state index contributed by atoms with van der Waals surface area (Å²) in [6.45, 7) is 1.64. The molecule has 3 heteroatoms. The highest BCUT2D eigenvalue weighted by atomic mass is 19.3.